The second-order valence-corrected chi connectivity index (χ2v) is 4.92. The number of hydrogen-bond acceptors (Lipinski definition) is 5. The van der Waals surface area contributed by atoms with Gasteiger partial charge in [0.15, 0.2) is 0 Å². The molecule has 0 spiro atoms. The van der Waals surface area contributed by atoms with Gasteiger partial charge in [-0.15, -0.1) is 0 Å². The first-order valence-corrected chi connectivity index (χ1v) is 5.62. The van der Waals surface area contributed by atoms with Crippen molar-refractivity contribution in [2.24, 2.45) is 0 Å². The van der Waals surface area contributed by atoms with Gasteiger partial charge in [0.1, 0.15) is 11.3 Å². The van der Waals surface area contributed by atoms with Crippen molar-refractivity contribution >= 4 is 23.4 Å². The Hall–Kier alpha value is -2.64. The number of aromatic carboxylic acids is 1. The van der Waals surface area contributed by atoms with E-state index in [0.29, 0.717) is 0 Å². The Bertz CT molecular complexity index is 562. The molecule has 2 N–H and O–H groups in total. The maximum absolute atomic E-state index is 11.5. The molecule has 0 saturated carbocycles. The highest BCUT2D eigenvalue weighted by Gasteiger charge is 2.22. The van der Waals surface area contributed by atoms with Crippen molar-refractivity contribution in [2.45, 2.75) is 26.4 Å². The summed E-state index contributed by atoms with van der Waals surface area (Å²) in [5.74, 6) is -1.29. The monoisotopic (exact) mass is 282 g/mol. The van der Waals surface area contributed by atoms with Gasteiger partial charge in [0, 0.05) is 6.07 Å². The van der Waals surface area contributed by atoms with Crippen molar-refractivity contribution in [1.82, 2.24) is 0 Å². The number of benzene rings is 1. The number of carboxylic acid groups (broad SMARTS) is 1. The number of nitrogens with one attached hydrogen (secondary N) is 1. The van der Waals surface area contributed by atoms with Crippen molar-refractivity contribution < 1.29 is 24.4 Å². The van der Waals surface area contributed by atoms with Gasteiger partial charge in [0.2, 0.25) is 0 Å². The fourth-order valence-corrected chi connectivity index (χ4v) is 1.33. The average molecular weight is 282 g/mol. The topological polar surface area (TPSA) is 119 Å². The molecule has 1 rings (SSSR count). The smallest absolute Gasteiger partial charge is 0.412 e. The summed E-state index contributed by atoms with van der Waals surface area (Å²) in [5, 5.41) is 21.9. The minimum Gasteiger partial charge on any atom is -0.478 e. The molecule has 0 unspecified atom stereocenters. The van der Waals surface area contributed by atoms with Crippen LogP contribution in [0.15, 0.2) is 18.2 Å². The van der Waals surface area contributed by atoms with Crippen LogP contribution in [0.3, 0.4) is 0 Å². The first-order valence-electron chi connectivity index (χ1n) is 5.62. The Kier molecular flexibility index (Phi) is 4.28. The van der Waals surface area contributed by atoms with Crippen LogP contribution in [0, 0.1) is 10.1 Å². The lowest BCUT2D eigenvalue weighted by atomic mass is 10.1. The molecule has 1 aromatic carbocycles. The Morgan fingerprint density at radius 2 is 1.95 bits per heavy atom. The molecule has 8 heteroatoms. The zero-order valence-electron chi connectivity index (χ0n) is 11.2. The summed E-state index contributed by atoms with van der Waals surface area (Å²) in [6.45, 7) is 4.94. The molecule has 0 heterocycles. The number of anilines is 1. The lowest BCUT2D eigenvalue weighted by molar-refractivity contribution is -0.384. The molecule has 0 fully saturated rings. The van der Waals surface area contributed by atoms with E-state index in [9.17, 15) is 19.7 Å². The zero-order valence-corrected chi connectivity index (χ0v) is 11.2. The normalized spacial score (nSPS) is 10.8. The minimum atomic E-state index is -1.29. The number of hydrogen-bond donors (Lipinski definition) is 2. The third-order valence-electron chi connectivity index (χ3n) is 2.08. The van der Waals surface area contributed by atoms with Crippen LogP contribution in [0.1, 0.15) is 31.1 Å². The van der Waals surface area contributed by atoms with Crippen LogP contribution in [0.2, 0.25) is 0 Å². The summed E-state index contributed by atoms with van der Waals surface area (Å²) in [5.41, 5.74) is -1.64. The Morgan fingerprint density at radius 3 is 2.40 bits per heavy atom. The van der Waals surface area contributed by atoms with E-state index >= 15 is 0 Å². The van der Waals surface area contributed by atoms with Gasteiger partial charge in [0.05, 0.1) is 10.5 Å². The molecule has 108 valence electrons. The molecule has 0 aromatic heterocycles. The van der Waals surface area contributed by atoms with Crippen LogP contribution in [0.25, 0.3) is 0 Å². The highest BCUT2D eigenvalue weighted by molar-refractivity contribution is 5.93. The molecular weight excluding hydrogens is 268 g/mol. The van der Waals surface area contributed by atoms with Gasteiger partial charge in [-0.1, -0.05) is 0 Å². The van der Waals surface area contributed by atoms with Crippen molar-refractivity contribution in [3.63, 3.8) is 0 Å². The van der Waals surface area contributed by atoms with E-state index in [2.05, 4.69) is 5.32 Å². The molecule has 20 heavy (non-hydrogen) atoms. The summed E-state index contributed by atoms with van der Waals surface area (Å²) < 4.78 is 4.97. The van der Waals surface area contributed by atoms with Gasteiger partial charge in [-0.05, 0) is 32.9 Å². The number of nitro benzene ring substituents is 1. The van der Waals surface area contributed by atoms with Crippen molar-refractivity contribution in [3.05, 3.63) is 33.9 Å². The molecule has 0 atom stereocenters. The van der Waals surface area contributed by atoms with Gasteiger partial charge in [-0.3, -0.25) is 15.4 Å². The summed E-state index contributed by atoms with van der Waals surface area (Å²) >= 11 is 0. The van der Waals surface area contributed by atoms with Crippen LogP contribution in [-0.4, -0.2) is 27.7 Å². The van der Waals surface area contributed by atoms with Crippen LogP contribution in [0.5, 0.6) is 0 Å². The summed E-state index contributed by atoms with van der Waals surface area (Å²) in [6.07, 6.45) is -0.858. The largest absolute Gasteiger partial charge is 0.478 e. The number of carbonyl (C=O) groups is 2. The highest BCUT2D eigenvalue weighted by Crippen LogP contribution is 2.26. The van der Waals surface area contributed by atoms with E-state index in [1.807, 2.05) is 0 Å². The molecule has 1 aromatic rings. The van der Waals surface area contributed by atoms with Crippen molar-refractivity contribution in [3.8, 4) is 0 Å². The Labute approximate surface area is 114 Å². The SMILES string of the molecule is CC(C)(C)OC(=O)Nc1ccc(C(=O)O)cc1[N+](=O)[O-]. The Balaban J connectivity index is 3.03. The van der Waals surface area contributed by atoms with Crippen molar-refractivity contribution in [2.75, 3.05) is 5.32 Å². The molecule has 0 aliphatic carbocycles. The second kappa shape index (κ2) is 5.55. The molecule has 0 radical (unpaired) electrons. The van der Waals surface area contributed by atoms with E-state index in [-0.39, 0.29) is 11.3 Å². The summed E-state index contributed by atoms with van der Waals surface area (Å²) in [6, 6.07) is 3.17. The predicted molar refractivity (Wildman–Crippen MR) is 69.9 cm³/mol. The molecule has 1 amide bonds. The van der Waals surface area contributed by atoms with E-state index in [0.717, 1.165) is 18.2 Å². The van der Waals surface area contributed by atoms with Crippen molar-refractivity contribution in [1.29, 1.82) is 0 Å². The molecule has 0 aliphatic heterocycles. The maximum atomic E-state index is 11.5. The first kappa shape index (κ1) is 15.4. The summed E-state index contributed by atoms with van der Waals surface area (Å²) in [4.78, 5) is 32.4. The van der Waals surface area contributed by atoms with E-state index in [4.69, 9.17) is 9.84 Å². The fraction of sp³-hybridized carbons (Fsp3) is 0.333. The zero-order chi connectivity index (χ0) is 15.5. The molecular formula is C12H14N2O6. The molecule has 0 saturated heterocycles. The predicted octanol–water partition coefficient (Wildman–Crippen LogP) is 2.64. The van der Waals surface area contributed by atoms with E-state index < -0.39 is 28.3 Å². The van der Waals surface area contributed by atoms with Gasteiger partial charge in [-0.25, -0.2) is 9.59 Å². The van der Waals surface area contributed by atoms with Crippen LogP contribution >= 0.6 is 0 Å². The molecule has 0 bridgehead atoms. The number of carboxylic acids is 1. The number of amides is 1. The lowest BCUT2D eigenvalue weighted by Gasteiger charge is -2.19. The molecule has 8 nitrogen and oxygen atoms in total. The highest BCUT2D eigenvalue weighted by atomic mass is 16.6. The third kappa shape index (κ3) is 4.23. The number of carbonyl (C=O) groups excluding carboxylic acids is 1. The number of ether oxygens (including phenoxy) is 1. The van der Waals surface area contributed by atoms with Gasteiger partial charge in [-0.2, -0.15) is 0 Å². The van der Waals surface area contributed by atoms with Gasteiger partial charge < -0.3 is 9.84 Å². The minimum absolute atomic E-state index is 0.130. The number of rotatable bonds is 3. The van der Waals surface area contributed by atoms with E-state index in [1.165, 1.54) is 0 Å². The van der Waals surface area contributed by atoms with Gasteiger partial charge in [0.25, 0.3) is 5.69 Å². The average Bonchev–Trinajstić information content (AvgIpc) is 2.25. The van der Waals surface area contributed by atoms with Crippen LogP contribution < -0.4 is 5.32 Å². The fourth-order valence-electron chi connectivity index (χ4n) is 1.33. The van der Waals surface area contributed by atoms with E-state index in [1.54, 1.807) is 20.8 Å². The van der Waals surface area contributed by atoms with Crippen LogP contribution in [-0.2, 0) is 4.74 Å². The Morgan fingerprint density at radius 1 is 1.35 bits per heavy atom. The lowest BCUT2D eigenvalue weighted by Crippen LogP contribution is -2.27. The van der Waals surface area contributed by atoms with Gasteiger partial charge >= 0.3 is 12.1 Å². The standard InChI is InChI=1S/C12H14N2O6/c1-12(2,3)20-11(17)13-8-5-4-7(10(15)16)6-9(8)14(18)19/h4-6H,1-3H3,(H,13,17)(H,15,16). The third-order valence-corrected chi connectivity index (χ3v) is 2.08. The molecule has 0 aliphatic rings. The van der Waals surface area contributed by atoms with Crippen LogP contribution in [0.4, 0.5) is 16.2 Å². The summed E-state index contributed by atoms with van der Waals surface area (Å²) in [7, 11) is 0. The second-order valence-electron chi connectivity index (χ2n) is 4.92. The quantitative estimate of drug-likeness (QED) is 0.649. The number of nitro groups is 1. The maximum Gasteiger partial charge on any atom is 0.412 e. The number of nitrogens with zero attached hydrogens (tertiary/aromatic N) is 1. The first-order chi connectivity index (χ1) is 9.10.